The fourth-order valence-electron chi connectivity index (χ4n) is 2.79. The summed E-state index contributed by atoms with van der Waals surface area (Å²) in [5.41, 5.74) is -0.0138. The van der Waals surface area contributed by atoms with E-state index < -0.39 is 12.1 Å². The molecule has 3 atom stereocenters. The number of nitrogens with one attached hydrogen (secondary N) is 1. The van der Waals surface area contributed by atoms with Crippen molar-refractivity contribution in [2.45, 2.75) is 51.7 Å². The highest BCUT2D eigenvalue weighted by Crippen LogP contribution is 2.25. The van der Waals surface area contributed by atoms with E-state index >= 15 is 0 Å². The van der Waals surface area contributed by atoms with Gasteiger partial charge in [0.1, 0.15) is 11.3 Å². The van der Waals surface area contributed by atoms with E-state index in [0.717, 1.165) is 19.3 Å². The summed E-state index contributed by atoms with van der Waals surface area (Å²) in [5.74, 6) is -0.906. The SMILES string of the molecule is C[C@@H](OC(=O)c1ccc(Cl)cc1O)C(=O)N[C@@H]1CCCC[C@@H]1C. The first-order valence-corrected chi connectivity index (χ1v) is 8.26. The minimum absolute atomic E-state index is 0.0138. The van der Waals surface area contributed by atoms with Crippen LogP contribution in [0.1, 0.15) is 49.9 Å². The van der Waals surface area contributed by atoms with Crippen molar-refractivity contribution < 1.29 is 19.4 Å². The third-order valence-corrected chi connectivity index (χ3v) is 4.51. The third-order valence-electron chi connectivity index (χ3n) is 4.27. The number of aromatic hydroxyl groups is 1. The maximum atomic E-state index is 12.2. The molecule has 0 aromatic heterocycles. The van der Waals surface area contributed by atoms with Crippen LogP contribution in [-0.2, 0) is 9.53 Å². The number of carbonyl (C=O) groups is 2. The van der Waals surface area contributed by atoms with Crippen molar-refractivity contribution in [2.24, 2.45) is 5.92 Å². The van der Waals surface area contributed by atoms with Crippen molar-refractivity contribution in [3.63, 3.8) is 0 Å². The predicted octanol–water partition coefficient (Wildman–Crippen LogP) is 3.29. The van der Waals surface area contributed by atoms with E-state index in [9.17, 15) is 14.7 Å². The molecule has 0 spiro atoms. The third kappa shape index (κ3) is 4.61. The van der Waals surface area contributed by atoms with E-state index in [1.54, 1.807) is 0 Å². The molecule has 0 bridgehead atoms. The Hall–Kier alpha value is -1.75. The van der Waals surface area contributed by atoms with Gasteiger partial charge in [0.25, 0.3) is 5.91 Å². The van der Waals surface area contributed by atoms with E-state index in [4.69, 9.17) is 16.3 Å². The van der Waals surface area contributed by atoms with E-state index in [2.05, 4.69) is 12.2 Å². The molecule has 0 aliphatic heterocycles. The number of amides is 1. The summed E-state index contributed by atoms with van der Waals surface area (Å²) in [7, 11) is 0. The van der Waals surface area contributed by atoms with Crippen molar-refractivity contribution >= 4 is 23.5 Å². The maximum Gasteiger partial charge on any atom is 0.342 e. The number of halogens is 1. The van der Waals surface area contributed by atoms with Gasteiger partial charge in [0.15, 0.2) is 6.10 Å². The molecule has 1 saturated carbocycles. The molecular formula is C17H22ClNO4. The Bertz CT molecular complexity index is 590. The van der Waals surface area contributed by atoms with Crippen molar-refractivity contribution in [1.82, 2.24) is 5.32 Å². The van der Waals surface area contributed by atoms with Crippen LogP contribution in [-0.4, -0.2) is 29.1 Å². The van der Waals surface area contributed by atoms with Gasteiger partial charge in [0, 0.05) is 11.1 Å². The Morgan fingerprint density at radius 2 is 2.04 bits per heavy atom. The average molecular weight is 340 g/mol. The molecule has 6 heteroatoms. The highest BCUT2D eigenvalue weighted by molar-refractivity contribution is 6.30. The van der Waals surface area contributed by atoms with Crippen molar-refractivity contribution in [3.8, 4) is 5.75 Å². The highest BCUT2D eigenvalue weighted by Gasteiger charge is 2.27. The normalized spacial score (nSPS) is 22.2. The van der Waals surface area contributed by atoms with Gasteiger partial charge in [-0.05, 0) is 43.9 Å². The number of phenols is 1. The molecule has 23 heavy (non-hydrogen) atoms. The minimum atomic E-state index is -0.924. The quantitative estimate of drug-likeness (QED) is 0.825. The number of rotatable bonds is 4. The molecule has 1 fully saturated rings. The van der Waals surface area contributed by atoms with E-state index in [1.807, 2.05) is 0 Å². The molecule has 126 valence electrons. The van der Waals surface area contributed by atoms with Crippen molar-refractivity contribution in [3.05, 3.63) is 28.8 Å². The van der Waals surface area contributed by atoms with Crippen LogP contribution in [0.4, 0.5) is 0 Å². The number of carbonyl (C=O) groups excluding carboxylic acids is 2. The standard InChI is InChI=1S/C17H22ClNO4/c1-10-5-3-4-6-14(10)19-16(21)11(2)23-17(22)13-8-7-12(18)9-15(13)20/h7-11,14,20H,3-6H2,1-2H3,(H,19,21)/t10-,11+,14+/m0/s1. The largest absolute Gasteiger partial charge is 0.507 e. The molecule has 1 amide bonds. The summed E-state index contributed by atoms with van der Waals surface area (Å²) in [6.07, 6.45) is 3.41. The number of hydrogen-bond acceptors (Lipinski definition) is 4. The lowest BCUT2D eigenvalue weighted by Gasteiger charge is -2.30. The number of esters is 1. The molecule has 0 unspecified atom stereocenters. The monoisotopic (exact) mass is 339 g/mol. The topological polar surface area (TPSA) is 75.6 Å². The van der Waals surface area contributed by atoms with Crippen molar-refractivity contribution in [2.75, 3.05) is 0 Å². The van der Waals surface area contributed by atoms with E-state index in [1.165, 1.54) is 31.5 Å². The fraction of sp³-hybridized carbons (Fsp3) is 0.529. The molecule has 0 heterocycles. The number of phenolic OH excluding ortho intramolecular Hbond substituents is 1. The summed E-state index contributed by atoms with van der Waals surface area (Å²) >= 11 is 5.72. The summed E-state index contributed by atoms with van der Waals surface area (Å²) in [6.45, 7) is 3.64. The summed E-state index contributed by atoms with van der Waals surface area (Å²) in [5, 5.41) is 13.0. The van der Waals surface area contributed by atoms with Gasteiger partial charge in [-0.3, -0.25) is 4.79 Å². The number of ether oxygens (including phenoxy) is 1. The van der Waals surface area contributed by atoms with Gasteiger partial charge in [0.2, 0.25) is 0 Å². The molecule has 1 aromatic rings. The molecule has 5 nitrogen and oxygen atoms in total. The smallest absolute Gasteiger partial charge is 0.342 e. The molecule has 2 N–H and O–H groups in total. The van der Waals surface area contributed by atoms with Gasteiger partial charge in [0.05, 0.1) is 0 Å². The highest BCUT2D eigenvalue weighted by atomic mass is 35.5. The second kappa shape index (κ2) is 7.68. The molecule has 1 aliphatic carbocycles. The second-order valence-electron chi connectivity index (χ2n) is 6.09. The Morgan fingerprint density at radius 1 is 1.35 bits per heavy atom. The number of benzene rings is 1. The molecule has 1 aliphatic rings. The van der Waals surface area contributed by atoms with Crippen LogP contribution in [0.25, 0.3) is 0 Å². The van der Waals surface area contributed by atoms with Crippen LogP contribution >= 0.6 is 11.6 Å². The molecule has 2 rings (SSSR count). The van der Waals surface area contributed by atoms with Crippen LogP contribution in [0.3, 0.4) is 0 Å². The van der Waals surface area contributed by atoms with Crippen LogP contribution in [0, 0.1) is 5.92 Å². The lowest BCUT2D eigenvalue weighted by molar-refractivity contribution is -0.130. The maximum absolute atomic E-state index is 12.2. The van der Waals surface area contributed by atoms with Gasteiger partial charge < -0.3 is 15.2 Å². The Morgan fingerprint density at radius 3 is 2.70 bits per heavy atom. The van der Waals surface area contributed by atoms with Gasteiger partial charge in [-0.1, -0.05) is 31.4 Å². The predicted molar refractivity (Wildman–Crippen MR) is 87.6 cm³/mol. The first-order valence-electron chi connectivity index (χ1n) is 7.88. The van der Waals surface area contributed by atoms with E-state index in [0.29, 0.717) is 10.9 Å². The first kappa shape index (κ1) is 17.6. The molecule has 0 saturated heterocycles. The van der Waals surface area contributed by atoms with Crippen LogP contribution in [0.2, 0.25) is 5.02 Å². The fourth-order valence-corrected chi connectivity index (χ4v) is 2.95. The van der Waals surface area contributed by atoms with Crippen molar-refractivity contribution in [1.29, 1.82) is 0 Å². The van der Waals surface area contributed by atoms with Gasteiger partial charge >= 0.3 is 5.97 Å². The van der Waals surface area contributed by atoms with Gasteiger partial charge in [-0.25, -0.2) is 4.79 Å². The zero-order valence-corrected chi connectivity index (χ0v) is 14.1. The molecule has 1 aromatic carbocycles. The Labute approximate surface area is 141 Å². The number of hydrogen-bond donors (Lipinski definition) is 2. The first-order chi connectivity index (χ1) is 10.9. The average Bonchev–Trinajstić information content (AvgIpc) is 2.49. The summed E-state index contributed by atoms with van der Waals surface area (Å²) < 4.78 is 5.14. The zero-order chi connectivity index (χ0) is 17.0. The summed E-state index contributed by atoms with van der Waals surface area (Å²) in [4.78, 5) is 24.2. The molecular weight excluding hydrogens is 318 g/mol. The lowest BCUT2D eigenvalue weighted by atomic mass is 9.86. The van der Waals surface area contributed by atoms with Crippen LogP contribution < -0.4 is 5.32 Å². The van der Waals surface area contributed by atoms with Gasteiger partial charge in [-0.15, -0.1) is 0 Å². The summed E-state index contributed by atoms with van der Waals surface area (Å²) in [6, 6.07) is 4.23. The van der Waals surface area contributed by atoms with Gasteiger partial charge in [-0.2, -0.15) is 0 Å². The Kier molecular flexibility index (Phi) is 5.88. The van der Waals surface area contributed by atoms with Crippen LogP contribution in [0.5, 0.6) is 5.75 Å². The second-order valence-corrected chi connectivity index (χ2v) is 6.52. The Balaban J connectivity index is 1.93. The molecule has 0 radical (unpaired) electrons. The zero-order valence-electron chi connectivity index (χ0n) is 13.3. The lowest BCUT2D eigenvalue weighted by Crippen LogP contribution is -2.45. The minimum Gasteiger partial charge on any atom is -0.507 e. The van der Waals surface area contributed by atoms with Crippen LogP contribution in [0.15, 0.2) is 18.2 Å². The van der Waals surface area contributed by atoms with E-state index in [-0.39, 0.29) is 23.3 Å².